The molecule has 2 fully saturated rings. The number of oxazole rings is 1. The predicted octanol–water partition coefficient (Wildman–Crippen LogP) is 2.05. The predicted molar refractivity (Wildman–Crippen MR) is 124 cm³/mol. The van der Waals surface area contributed by atoms with Crippen molar-refractivity contribution in [1.29, 1.82) is 0 Å². The first kappa shape index (κ1) is 22.0. The van der Waals surface area contributed by atoms with Crippen molar-refractivity contribution >= 4 is 28.9 Å². The van der Waals surface area contributed by atoms with E-state index in [1.807, 2.05) is 43.1 Å². The highest BCUT2D eigenvalue weighted by molar-refractivity contribution is 8.00. The van der Waals surface area contributed by atoms with Gasteiger partial charge in [0.05, 0.1) is 30.4 Å². The van der Waals surface area contributed by atoms with Crippen LogP contribution in [0.25, 0.3) is 11.1 Å². The number of ether oxygens (including phenoxy) is 1. The number of hydrogen-bond acceptors (Lipinski definition) is 7. The number of nitrogens with zero attached hydrogens (tertiary/aromatic N) is 4. The van der Waals surface area contributed by atoms with E-state index in [2.05, 4.69) is 20.9 Å². The number of rotatable bonds is 10. The molecule has 10 nitrogen and oxygen atoms in total. The molecule has 2 aromatic heterocycles. The normalized spacial score (nSPS) is 22.0. The summed E-state index contributed by atoms with van der Waals surface area (Å²) in [7, 11) is 0. The number of amides is 2. The zero-order valence-electron chi connectivity index (χ0n) is 18.5. The molecule has 176 valence electrons. The van der Waals surface area contributed by atoms with E-state index in [4.69, 9.17) is 9.15 Å². The van der Waals surface area contributed by atoms with Crippen LogP contribution in [-0.4, -0.2) is 55.3 Å². The van der Waals surface area contributed by atoms with Crippen LogP contribution in [0.5, 0.6) is 0 Å². The average Bonchev–Trinajstić information content (AvgIpc) is 3.54. The highest BCUT2D eigenvalue weighted by atomic mass is 32.2. The molecule has 0 radical (unpaired) electrons. The second-order valence-electron chi connectivity index (χ2n) is 8.63. The number of urea groups is 1. The summed E-state index contributed by atoms with van der Waals surface area (Å²) in [5.41, 5.74) is 3.32. The van der Waals surface area contributed by atoms with Gasteiger partial charge in [0.15, 0.2) is 5.58 Å². The number of aryl methyl sites for hydroxylation is 3. The molecule has 0 aliphatic carbocycles. The molecule has 11 heteroatoms. The maximum atomic E-state index is 12.1. The first-order valence-electron chi connectivity index (χ1n) is 11.3. The largest absolute Gasteiger partial charge is 0.419 e. The Kier molecular flexibility index (Phi) is 6.41. The maximum absolute atomic E-state index is 12.1. The minimum atomic E-state index is -0.332. The quantitative estimate of drug-likeness (QED) is 0.343. The monoisotopic (exact) mass is 472 g/mol. The molecule has 2 unspecified atom stereocenters. The molecule has 2 aliphatic rings. The van der Waals surface area contributed by atoms with Gasteiger partial charge < -0.3 is 19.8 Å². The van der Waals surface area contributed by atoms with E-state index in [1.54, 1.807) is 9.25 Å². The van der Waals surface area contributed by atoms with E-state index in [9.17, 15) is 9.59 Å². The number of thioether (sulfide) groups is 1. The first-order valence-corrected chi connectivity index (χ1v) is 12.4. The summed E-state index contributed by atoms with van der Waals surface area (Å²) in [6, 6.07) is 6.19. The Morgan fingerprint density at radius 2 is 2.15 bits per heavy atom. The zero-order valence-corrected chi connectivity index (χ0v) is 19.3. The number of hydrogen-bond donors (Lipinski definition) is 2. The summed E-state index contributed by atoms with van der Waals surface area (Å²) in [6.45, 7) is 4.28. The van der Waals surface area contributed by atoms with Gasteiger partial charge in [0.2, 0.25) is 0 Å². The lowest BCUT2D eigenvalue weighted by Gasteiger charge is -2.16. The summed E-state index contributed by atoms with van der Waals surface area (Å²) in [5.74, 6) is 0.643. The van der Waals surface area contributed by atoms with Crippen LogP contribution < -0.4 is 16.4 Å². The Morgan fingerprint density at radius 1 is 1.24 bits per heavy atom. The second kappa shape index (κ2) is 9.60. The molecule has 0 saturated carbocycles. The molecule has 2 saturated heterocycles. The summed E-state index contributed by atoms with van der Waals surface area (Å²) < 4.78 is 14.5. The van der Waals surface area contributed by atoms with Crippen molar-refractivity contribution in [3.05, 3.63) is 46.2 Å². The summed E-state index contributed by atoms with van der Waals surface area (Å²) >= 11 is 1.92. The van der Waals surface area contributed by atoms with Crippen LogP contribution in [0.3, 0.4) is 0 Å². The van der Waals surface area contributed by atoms with Gasteiger partial charge >= 0.3 is 11.8 Å². The molecule has 3 atom stereocenters. The fourth-order valence-electron chi connectivity index (χ4n) is 4.49. The molecule has 1 aromatic carbocycles. The van der Waals surface area contributed by atoms with E-state index in [0.29, 0.717) is 37.1 Å². The van der Waals surface area contributed by atoms with Gasteiger partial charge in [-0.2, -0.15) is 11.8 Å². The number of aromatic nitrogens is 4. The third-order valence-electron chi connectivity index (χ3n) is 6.14. The van der Waals surface area contributed by atoms with Gasteiger partial charge in [0, 0.05) is 30.7 Å². The number of carbonyl (C=O) groups is 1. The Balaban J connectivity index is 1.03. The highest BCUT2D eigenvalue weighted by Crippen LogP contribution is 2.32. The molecular formula is C22H28N6O4S. The minimum Gasteiger partial charge on any atom is -0.408 e. The lowest BCUT2D eigenvalue weighted by atomic mass is 10.1. The van der Waals surface area contributed by atoms with Crippen molar-refractivity contribution in [3.63, 3.8) is 0 Å². The van der Waals surface area contributed by atoms with Gasteiger partial charge in [-0.25, -0.2) is 9.59 Å². The number of nitrogens with one attached hydrogen (secondary N) is 2. The third-order valence-corrected chi connectivity index (χ3v) is 7.65. The summed E-state index contributed by atoms with van der Waals surface area (Å²) in [4.78, 5) is 23.6. The molecule has 2 N–H and O–H groups in total. The van der Waals surface area contributed by atoms with Crippen molar-refractivity contribution in [2.75, 3.05) is 12.4 Å². The van der Waals surface area contributed by atoms with Crippen LogP contribution in [0.1, 0.15) is 30.5 Å². The molecule has 2 aliphatic heterocycles. The summed E-state index contributed by atoms with van der Waals surface area (Å²) in [5, 5.41) is 14.8. The van der Waals surface area contributed by atoms with Crippen LogP contribution in [0.15, 0.2) is 33.6 Å². The molecule has 2 amide bonds. The van der Waals surface area contributed by atoms with Crippen molar-refractivity contribution in [2.45, 2.75) is 63.2 Å². The second-order valence-corrected chi connectivity index (χ2v) is 9.91. The van der Waals surface area contributed by atoms with Crippen LogP contribution in [0.4, 0.5) is 4.79 Å². The number of benzene rings is 1. The standard InChI is InChI=1S/C22H28N6O4S/c1-14-5-6-18-17(10-14)28(22(30)32-18)8-3-7-27-11-15(25-26-27)12-31-9-2-4-19-20-16(13-33-19)23-21(29)24-20/h5-6,10-11,16,19-20H,2-4,7-9,12-13H2,1H3,(H2,23,24,29)/t16?,19-,20?/m0/s1. The molecule has 4 heterocycles. The lowest BCUT2D eigenvalue weighted by molar-refractivity contribution is 0.114. The van der Waals surface area contributed by atoms with E-state index in [0.717, 1.165) is 41.8 Å². The first-order chi connectivity index (χ1) is 16.1. The van der Waals surface area contributed by atoms with Gasteiger partial charge in [-0.3, -0.25) is 9.25 Å². The van der Waals surface area contributed by atoms with Crippen LogP contribution in [0, 0.1) is 6.92 Å². The Bertz CT molecular complexity index is 1190. The number of fused-ring (bicyclic) bond motifs is 2. The molecule has 0 bridgehead atoms. The fourth-order valence-corrected chi connectivity index (χ4v) is 6.04. The molecule has 5 rings (SSSR count). The molecular weight excluding hydrogens is 444 g/mol. The van der Waals surface area contributed by atoms with E-state index in [-0.39, 0.29) is 23.9 Å². The molecule has 0 spiro atoms. The van der Waals surface area contributed by atoms with Crippen molar-refractivity contribution in [3.8, 4) is 0 Å². The average molecular weight is 473 g/mol. The number of carbonyl (C=O) groups excluding carboxylic acids is 1. The third kappa shape index (κ3) is 4.93. The Morgan fingerprint density at radius 3 is 3.06 bits per heavy atom. The Hall–Kier alpha value is -2.79. The van der Waals surface area contributed by atoms with Gasteiger partial charge in [0.25, 0.3) is 0 Å². The smallest absolute Gasteiger partial charge is 0.408 e. The van der Waals surface area contributed by atoms with Gasteiger partial charge in [-0.15, -0.1) is 5.10 Å². The van der Waals surface area contributed by atoms with Gasteiger partial charge in [-0.05, 0) is 43.9 Å². The van der Waals surface area contributed by atoms with E-state index in [1.165, 1.54) is 0 Å². The van der Waals surface area contributed by atoms with Crippen LogP contribution in [0.2, 0.25) is 0 Å². The van der Waals surface area contributed by atoms with Crippen LogP contribution in [-0.2, 0) is 24.4 Å². The van der Waals surface area contributed by atoms with Crippen molar-refractivity contribution in [2.24, 2.45) is 0 Å². The lowest BCUT2D eigenvalue weighted by Crippen LogP contribution is -2.36. The topological polar surface area (TPSA) is 116 Å². The van der Waals surface area contributed by atoms with Gasteiger partial charge in [-0.1, -0.05) is 11.3 Å². The van der Waals surface area contributed by atoms with Crippen molar-refractivity contribution in [1.82, 2.24) is 30.2 Å². The van der Waals surface area contributed by atoms with E-state index >= 15 is 0 Å². The fraction of sp³-hybridized carbons (Fsp3) is 0.545. The van der Waals surface area contributed by atoms with Crippen molar-refractivity contribution < 1.29 is 13.9 Å². The van der Waals surface area contributed by atoms with Crippen LogP contribution >= 0.6 is 11.8 Å². The summed E-state index contributed by atoms with van der Waals surface area (Å²) in [6.07, 6.45) is 4.58. The molecule has 3 aromatic rings. The molecule has 33 heavy (non-hydrogen) atoms. The SMILES string of the molecule is Cc1ccc2oc(=O)n(CCCn3cc(COCCC[C@@H]4SCC5NC(=O)NC54)nn3)c2c1. The van der Waals surface area contributed by atoms with E-state index < -0.39 is 0 Å². The Labute approximate surface area is 195 Å². The maximum Gasteiger partial charge on any atom is 0.419 e. The minimum absolute atomic E-state index is 0.0464. The zero-order chi connectivity index (χ0) is 22.8. The highest BCUT2D eigenvalue weighted by Gasteiger charge is 2.42. The van der Waals surface area contributed by atoms with Gasteiger partial charge in [0.1, 0.15) is 5.69 Å².